The lowest BCUT2D eigenvalue weighted by atomic mass is 10.1. The molecule has 22 heavy (non-hydrogen) atoms. The number of carboxylic acids is 1. The predicted octanol–water partition coefficient (Wildman–Crippen LogP) is 2.19. The molecule has 118 valence electrons. The molecule has 2 N–H and O–H groups in total. The van der Waals surface area contributed by atoms with Crippen LogP contribution in [0, 0.1) is 6.92 Å². The minimum atomic E-state index is -1.02. The largest absolute Gasteiger partial charge is 0.480 e. The molecule has 0 saturated carbocycles. The Bertz CT molecular complexity index is 706. The van der Waals surface area contributed by atoms with Crippen LogP contribution in [0.25, 0.3) is 5.65 Å². The third-order valence-corrected chi connectivity index (χ3v) is 3.57. The van der Waals surface area contributed by atoms with Crippen molar-refractivity contribution in [3.05, 3.63) is 35.3 Å². The number of imidazole rings is 1. The molecule has 0 spiro atoms. The molecular weight excluding hydrogens is 282 g/mol. The molecule has 1 unspecified atom stereocenters. The first-order valence-corrected chi connectivity index (χ1v) is 7.49. The molecule has 0 radical (unpaired) electrons. The van der Waals surface area contributed by atoms with Crippen LogP contribution in [-0.4, -0.2) is 32.4 Å². The van der Waals surface area contributed by atoms with Crippen LogP contribution in [-0.2, 0) is 11.2 Å². The first-order chi connectivity index (χ1) is 10.5. The van der Waals surface area contributed by atoms with Crippen LogP contribution in [0.15, 0.2) is 18.3 Å². The number of fused-ring (bicyclic) bond motifs is 1. The van der Waals surface area contributed by atoms with Crippen LogP contribution in [0.1, 0.15) is 48.4 Å². The topological polar surface area (TPSA) is 83.7 Å². The molecule has 6 nitrogen and oxygen atoms in total. The Morgan fingerprint density at radius 1 is 1.36 bits per heavy atom. The maximum atomic E-state index is 12.6. The summed E-state index contributed by atoms with van der Waals surface area (Å²) in [6, 6.07) is 2.91. The number of carbonyl (C=O) groups is 2. The van der Waals surface area contributed by atoms with Crippen molar-refractivity contribution in [3.8, 4) is 0 Å². The fraction of sp³-hybridized carbons (Fsp3) is 0.438. The lowest BCUT2D eigenvalue weighted by Crippen LogP contribution is -2.41. The van der Waals surface area contributed by atoms with Crippen LogP contribution in [0.5, 0.6) is 0 Å². The Balaban J connectivity index is 2.41. The second-order valence-electron chi connectivity index (χ2n) is 5.35. The van der Waals surface area contributed by atoms with Crippen molar-refractivity contribution in [2.45, 2.75) is 46.1 Å². The molecule has 0 aliphatic rings. The van der Waals surface area contributed by atoms with E-state index in [4.69, 9.17) is 0 Å². The second-order valence-corrected chi connectivity index (χ2v) is 5.35. The molecule has 0 aliphatic heterocycles. The van der Waals surface area contributed by atoms with Crippen molar-refractivity contribution in [2.75, 3.05) is 0 Å². The fourth-order valence-electron chi connectivity index (χ4n) is 2.46. The van der Waals surface area contributed by atoms with Gasteiger partial charge in [-0.25, -0.2) is 9.78 Å². The smallest absolute Gasteiger partial charge is 0.326 e. The summed E-state index contributed by atoms with van der Waals surface area (Å²) in [6.07, 6.45) is 3.53. The van der Waals surface area contributed by atoms with Gasteiger partial charge in [0, 0.05) is 6.20 Å². The Morgan fingerprint density at radius 2 is 2.09 bits per heavy atom. The van der Waals surface area contributed by atoms with Crippen molar-refractivity contribution in [2.24, 2.45) is 0 Å². The number of carboxylic acid groups (broad SMARTS) is 1. The summed E-state index contributed by atoms with van der Waals surface area (Å²) in [4.78, 5) is 28.2. The van der Waals surface area contributed by atoms with Crippen LogP contribution < -0.4 is 5.32 Å². The number of aryl methyl sites for hydroxylation is 2. The van der Waals surface area contributed by atoms with Crippen LogP contribution >= 0.6 is 0 Å². The summed E-state index contributed by atoms with van der Waals surface area (Å²) in [6.45, 7) is 5.74. The van der Waals surface area contributed by atoms with Crippen molar-refractivity contribution < 1.29 is 14.7 Å². The van der Waals surface area contributed by atoms with E-state index in [9.17, 15) is 14.7 Å². The molecule has 2 heterocycles. The zero-order valence-corrected chi connectivity index (χ0v) is 13.1. The van der Waals surface area contributed by atoms with Gasteiger partial charge >= 0.3 is 5.97 Å². The Kier molecular flexibility index (Phi) is 4.80. The summed E-state index contributed by atoms with van der Waals surface area (Å²) in [5.41, 5.74) is 2.78. The van der Waals surface area contributed by atoms with E-state index in [0.29, 0.717) is 36.3 Å². The Morgan fingerprint density at radius 3 is 2.68 bits per heavy atom. The molecule has 2 aromatic heterocycles. The minimum absolute atomic E-state index is 0.393. The normalized spacial score (nSPS) is 12.3. The molecule has 0 aromatic carbocycles. The lowest BCUT2D eigenvalue weighted by molar-refractivity contribution is -0.139. The number of hydrogen-bond acceptors (Lipinski definition) is 3. The number of carbonyl (C=O) groups excluding carboxylic acids is 1. The van der Waals surface area contributed by atoms with E-state index in [0.717, 1.165) is 5.56 Å². The molecule has 0 saturated heterocycles. The van der Waals surface area contributed by atoms with Gasteiger partial charge in [0.05, 0.1) is 5.69 Å². The number of aromatic nitrogens is 2. The van der Waals surface area contributed by atoms with E-state index in [1.807, 2.05) is 39.1 Å². The summed E-state index contributed by atoms with van der Waals surface area (Å²) < 4.78 is 1.73. The molecule has 0 fully saturated rings. The maximum Gasteiger partial charge on any atom is 0.326 e. The number of rotatable bonds is 6. The van der Waals surface area contributed by atoms with Gasteiger partial charge in [-0.2, -0.15) is 0 Å². The van der Waals surface area contributed by atoms with Gasteiger partial charge in [-0.05, 0) is 31.4 Å². The van der Waals surface area contributed by atoms with E-state index < -0.39 is 17.9 Å². The van der Waals surface area contributed by atoms with E-state index >= 15 is 0 Å². The maximum absolute atomic E-state index is 12.6. The number of aliphatic carboxylic acids is 1. The van der Waals surface area contributed by atoms with E-state index in [1.54, 1.807) is 4.40 Å². The zero-order valence-electron chi connectivity index (χ0n) is 13.1. The number of amides is 1. The third kappa shape index (κ3) is 3.10. The van der Waals surface area contributed by atoms with E-state index in [2.05, 4.69) is 10.3 Å². The van der Waals surface area contributed by atoms with Crippen molar-refractivity contribution in [1.29, 1.82) is 0 Å². The summed E-state index contributed by atoms with van der Waals surface area (Å²) in [5.74, 6) is -1.41. The first-order valence-electron chi connectivity index (χ1n) is 7.49. The summed E-state index contributed by atoms with van der Waals surface area (Å²) in [7, 11) is 0. The average molecular weight is 303 g/mol. The standard InChI is InChI=1S/C16H21N3O3/c1-4-6-12(16(21)22)18-15(20)14-11(5-2)17-13-8-7-10(3)9-19(13)14/h7-9,12H,4-6H2,1-3H3,(H,18,20)(H,21,22). The number of nitrogens with one attached hydrogen (secondary N) is 1. The van der Waals surface area contributed by atoms with Gasteiger partial charge in [-0.3, -0.25) is 9.20 Å². The molecular formula is C16H21N3O3. The number of hydrogen-bond donors (Lipinski definition) is 2. The van der Waals surface area contributed by atoms with Gasteiger partial charge in [0.1, 0.15) is 17.4 Å². The molecule has 0 aliphatic carbocycles. The van der Waals surface area contributed by atoms with Gasteiger partial charge in [0.2, 0.25) is 0 Å². The van der Waals surface area contributed by atoms with Gasteiger partial charge in [-0.15, -0.1) is 0 Å². The van der Waals surface area contributed by atoms with Gasteiger partial charge in [-0.1, -0.05) is 26.3 Å². The molecule has 1 amide bonds. The first kappa shape index (κ1) is 16.0. The van der Waals surface area contributed by atoms with Crippen LogP contribution in [0.3, 0.4) is 0 Å². The number of pyridine rings is 1. The van der Waals surface area contributed by atoms with Crippen molar-refractivity contribution in [3.63, 3.8) is 0 Å². The highest BCUT2D eigenvalue weighted by atomic mass is 16.4. The van der Waals surface area contributed by atoms with Crippen molar-refractivity contribution in [1.82, 2.24) is 14.7 Å². The average Bonchev–Trinajstić information content (AvgIpc) is 2.84. The van der Waals surface area contributed by atoms with Gasteiger partial charge in [0.25, 0.3) is 5.91 Å². The molecule has 0 bridgehead atoms. The zero-order chi connectivity index (χ0) is 16.3. The van der Waals surface area contributed by atoms with Gasteiger partial charge < -0.3 is 10.4 Å². The van der Waals surface area contributed by atoms with Crippen LogP contribution in [0.2, 0.25) is 0 Å². The van der Waals surface area contributed by atoms with Crippen LogP contribution in [0.4, 0.5) is 0 Å². The highest BCUT2D eigenvalue weighted by molar-refractivity contribution is 5.97. The van der Waals surface area contributed by atoms with E-state index in [1.165, 1.54) is 0 Å². The molecule has 6 heteroatoms. The molecule has 1 atom stereocenters. The third-order valence-electron chi connectivity index (χ3n) is 3.57. The molecule has 2 aromatic rings. The summed E-state index contributed by atoms with van der Waals surface area (Å²) >= 11 is 0. The highest BCUT2D eigenvalue weighted by Crippen LogP contribution is 2.15. The minimum Gasteiger partial charge on any atom is -0.480 e. The quantitative estimate of drug-likeness (QED) is 0.857. The number of nitrogens with zero attached hydrogens (tertiary/aromatic N) is 2. The monoisotopic (exact) mass is 303 g/mol. The second kappa shape index (κ2) is 6.60. The summed E-state index contributed by atoms with van der Waals surface area (Å²) in [5, 5.41) is 11.8. The Hall–Kier alpha value is -2.37. The fourth-order valence-corrected chi connectivity index (χ4v) is 2.46. The SMILES string of the molecule is CCCC(NC(=O)c1c(CC)nc2ccc(C)cn12)C(=O)O. The molecule has 2 rings (SSSR count). The Labute approximate surface area is 129 Å². The van der Waals surface area contributed by atoms with E-state index in [-0.39, 0.29) is 0 Å². The van der Waals surface area contributed by atoms with Gasteiger partial charge in [0.15, 0.2) is 0 Å². The predicted molar refractivity (Wildman–Crippen MR) is 83.1 cm³/mol. The van der Waals surface area contributed by atoms with Crippen molar-refractivity contribution >= 4 is 17.5 Å². The highest BCUT2D eigenvalue weighted by Gasteiger charge is 2.24. The lowest BCUT2D eigenvalue weighted by Gasteiger charge is -2.14.